The zero-order valence-corrected chi connectivity index (χ0v) is 14.6. The minimum absolute atomic E-state index is 0.0236. The third-order valence-electron chi connectivity index (χ3n) is 3.47. The first-order valence-electron chi connectivity index (χ1n) is 7.66. The summed E-state index contributed by atoms with van der Waals surface area (Å²) in [6.07, 6.45) is -0.755. The summed E-state index contributed by atoms with van der Waals surface area (Å²) >= 11 is 3.51. The van der Waals surface area contributed by atoms with Gasteiger partial charge in [0.15, 0.2) is 6.10 Å². The van der Waals surface area contributed by atoms with Gasteiger partial charge in [0.1, 0.15) is 5.75 Å². The summed E-state index contributed by atoms with van der Waals surface area (Å²) in [6.45, 7) is 0.583. The lowest BCUT2D eigenvalue weighted by Gasteiger charge is -2.25. The molecule has 0 fully saturated rings. The lowest BCUT2D eigenvalue weighted by molar-refractivity contribution is -0.130. The molecule has 1 aromatic carbocycles. The quantitative estimate of drug-likeness (QED) is 0.743. The summed E-state index contributed by atoms with van der Waals surface area (Å²) in [5.41, 5.74) is 0.643. The number of carbonyl (C=O) groups is 2. The molecule has 3 rings (SSSR count). The van der Waals surface area contributed by atoms with Crippen molar-refractivity contribution in [2.45, 2.75) is 18.3 Å². The van der Waals surface area contributed by atoms with Crippen molar-refractivity contribution in [1.29, 1.82) is 0 Å². The standard InChI is InChI=1S/C17H18N2O3S2/c20-16(18-7-9-23-11-12-4-3-8-24-12)10-15-17(21)19-13-5-1-2-6-14(13)22-15/h1-6,8,15H,7,9-11H2,(H,18,20)(H,19,21)/t15-/m0/s1. The van der Waals surface area contributed by atoms with Crippen LogP contribution in [0.3, 0.4) is 0 Å². The molecule has 0 bridgehead atoms. The molecule has 2 N–H and O–H groups in total. The number of nitrogens with one attached hydrogen (secondary N) is 2. The van der Waals surface area contributed by atoms with Crippen LogP contribution in [0.25, 0.3) is 0 Å². The third kappa shape index (κ3) is 4.52. The Kier molecular flexibility index (Phi) is 5.77. The maximum Gasteiger partial charge on any atom is 0.266 e. The van der Waals surface area contributed by atoms with E-state index in [2.05, 4.69) is 22.1 Å². The first-order chi connectivity index (χ1) is 11.7. The molecule has 126 valence electrons. The fourth-order valence-corrected chi connectivity index (χ4v) is 4.00. The summed E-state index contributed by atoms with van der Waals surface area (Å²) in [4.78, 5) is 25.3. The molecule has 1 aliphatic rings. The van der Waals surface area contributed by atoms with Crippen LogP contribution in [0.1, 0.15) is 11.3 Å². The van der Waals surface area contributed by atoms with Gasteiger partial charge in [-0.1, -0.05) is 18.2 Å². The number of ether oxygens (including phenoxy) is 1. The van der Waals surface area contributed by atoms with Gasteiger partial charge in [0.25, 0.3) is 5.91 Å². The van der Waals surface area contributed by atoms with Crippen LogP contribution >= 0.6 is 23.1 Å². The SMILES string of the molecule is O=C(C[C@@H]1Oc2ccccc2NC1=O)NCCSCc1cccs1. The van der Waals surface area contributed by atoms with E-state index in [9.17, 15) is 9.59 Å². The van der Waals surface area contributed by atoms with E-state index < -0.39 is 6.10 Å². The van der Waals surface area contributed by atoms with E-state index in [-0.39, 0.29) is 18.2 Å². The summed E-state index contributed by atoms with van der Waals surface area (Å²) in [5, 5.41) is 7.66. The molecular formula is C17H18N2O3S2. The number of benzene rings is 1. The average molecular weight is 362 g/mol. The second-order valence-corrected chi connectivity index (χ2v) is 7.42. The van der Waals surface area contributed by atoms with Gasteiger partial charge < -0.3 is 15.4 Å². The largest absolute Gasteiger partial charge is 0.478 e. The van der Waals surface area contributed by atoms with Gasteiger partial charge in [0.05, 0.1) is 12.1 Å². The van der Waals surface area contributed by atoms with E-state index in [1.807, 2.05) is 18.2 Å². The molecular weight excluding hydrogens is 344 g/mol. The van der Waals surface area contributed by atoms with Crippen molar-refractivity contribution in [2.75, 3.05) is 17.6 Å². The van der Waals surface area contributed by atoms with E-state index in [1.165, 1.54) is 4.88 Å². The number of hydrogen-bond donors (Lipinski definition) is 2. The van der Waals surface area contributed by atoms with Crippen LogP contribution in [0.15, 0.2) is 41.8 Å². The molecule has 0 saturated carbocycles. The highest BCUT2D eigenvalue weighted by atomic mass is 32.2. The lowest BCUT2D eigenvalue weighted by Crippen LogP contribution is -2.41. The number of anilines is 1. The topological polar surface area (TPSA) is 67.4 Å². The predicted octanol–water partition coefficient (Wildman–Crippen LogP) is 2.89. The zero-order valence-electron chi connectivity index (χ0n) is 13.0. The van der Waals surface area contributed by atoms with E-state index in [0.717, 1.165) is 11.5 Å². The van der Waals surface area contributed by atoms with Crippen LogP contribution in [0, 0.1) is 0 Å². The van der Waals surface area contributed by atoms with Crippen LogP contribution in [-0.2, 0) is 15.3 Å². The molecule has 1 atom stereocenters. The molecule has 1 aromatic heterocycles. The van der Waals surface area contributed by atoms with Gasteiger partial charge in [0, 0.05) is 22.9 Å². The van der Waals surface area contributed by atoms with Gasteiger partial charge in [0.2, 0.25) is 5.91 Å². The molecule has 0 spiro atoms. The maximum atomic E-state index is 12.0. The van der Waals surface area contributed by atoms with Gasteiger partial charge in [-0.3, -0.25) is 9.59 Å². The van der Waals surface area contributed by atoms with Crippen LogP contribution in [-0.4, -0.2) is 30.2 Å². The number of rotatable bonds is 7. The molecule has 0 unspecified atom stereocenters. The Hall–Kier alpha value is -1.99. The Bertz CT molecular complexity index is 704. The van der Waals surface area contributed by atoms with Crippen LogP contribution < -0.4 is 15.4 Å². The fourth-order valence-electron chi connectivity index (χ4n) is 2.30. The van der Waals surface area contributed by atoms with Crippen molar-refractivity contribution in [3.63, 3.8) is 0 Å². The van der Waals surface area contributed by atoms with Crippen LogP contribution in [0.4, 0.5) is 5.69 Å². The van der Waals surface area contributed by atoms with Crippen molar-refractivity contribution >= 4 is 40.6 Å². The normalized spacial score (nSPS) is 16.0. The van der Waals surface area contributed by atoms with E-state index in [4.69, 9.17) is 4.74 Å². The Morgan fingerprint density at radius 3 is 3.00 bits per heavy atom. The van der Waals surface area contributed by atoms with Crippen molar-refractivity contribution < 1.29 is 14.3 Å². The smallest absolute Gasteiger partial charge is 0.266 e. The maximum absolute atomic E-state index is 12.0. The Morgan fingerprint density at radius 1 is 1.29 bits per heavy atom. The first kappa shape index (κ1) is 16.9. The van der Waals surface area contributed by atoms with Crippen LogP contribution in [0.5, 0.6) is 5.75 Å². The van der Waals surface area contributed by atoms with Gasteiger partial charge in [-0.15, -0.1) is 11.3 Å². The number of para-hydroxylation sites is 2. The molecule has 1 aliphatic heterocycles. The Labute approximate surface area is 148 Å². The molecule has 0 radical (unpaired) electrons. The van der Waals surface area contributed by atoms with E-state index >= 15 is 0 Å². The van der Waals surface area contributed by atoms with Crippen LogP contribution in [0.2, 0.25) is 0 Å². The molecule has 2 heterocycles. The highest BCUT2D eigenvalue weighted by molar-refractivity contribution is 7.98. The lowest BCUT2D eigenvalue weighted by atomic mass is 10.1. The number of thioether (sulfide) groups is 1. The number of amides is 2. The van der Waals surface area contributed by atoms with Crippen molar-refractivity contribution in [1.82, 2.24) is 5.32 Å². The highest BCUT2D eigenvalue weighted by Crippen LogP contribution is 2.29. The van der Waals surface area contributed by atoms with Crippen molar-refractivity contribution in [3.05, 3.63) is 46.7 Å². The minimum Gasteiger partial charge on any atom is -0.478 e. The Balaban J connectivity index is 1.38. The Morgan fingerprint density at radius 2 is 2.17 bits per heavy atom. The van der Waals surface area contributed by atoms with E-state index in [0.29, 0.717) is 18.0 Å². The molecule has 0 aliphatic carbocycles. The zero-order chi connectivity index (χ0) is 16.8. The van der Waals surface area contributed by atoms with Gasteiger partial charge in [-0.25, -0.2) is 0 Å². The summed E-state index contributed by atoms with van der Waals surface area (Å²) in [5.74, 6) is 1.94. The highest BCUT2D eigenvalue weighted by Gasteiger charge is 2.29. The molecule has 5 nitrogen and oxygen atoms in total. The summed E-state index contributed by atoms with van der Waals surface area (Å²) in [7, 11) is 0. The second kappa shape index (κ2) is 8.21. The minimum atomic E-state index is -0.779. The number of fused-ring (bicyclic) bond motifs is 1. The summed E-state index contributed by atoms with van der Waals surface area (Å²) < 4.78 is 5.61. The van der Waals surface area contributed by atoms with Gasteiger partial charge in [-0.2, -0.15) is 11.8 Å². The number of hydrogen-bond acceptors (Lipinski definition) is 5. The third-order valence-corrected chi connectivity index (χ3v) is 5.54. The molecule has 7 heteroatoms. The summed E-state index contributed by atoms with van der Waals surface area (Å²) in [6, 6.07) is 11.3. The van der Waals surface area contributed by atoms with Gasteiger partial charge >= 0.3 is 0 Å². The number of carbonyl (C=O) groups excluding carboxylic acids is 2. The molecule has 24 heavy (non-hydrogen) atoms. The molecule has 0 saturated heterocycles. The fraction of sp³-hybridized carbons (Fsp3) is 0.294. The van der Waals surface area contributed by atoms with E-state index in [1.54, 1.807) is 35.2 Å². The second-order valence-electron chi connectivity index (χ2n) is 5.28. The predicted molar refractivity (Wildman–Crippen MR) is 97.6 cm³/mol. The first-order valence-corrected chi connectivity index (χ1v) is 9.69. The van der Waals surface area contributed by atoms with Crippen molar-refractivity contribution in [2.24, 2.45) is 0 Å². The average Bonchev–Trinajstić information content (AvgIpc) is 3.08. The number of thiophene rings is 1. The molecule has 2 aromatic rings. The van der Waals surface area contributed by atoms with Crippen molar-refractivity contribution in [3.8, 4) is 5.75 Å². The van der Waals surface area contributed by atoms with Gasteiger partial charge in [-0.05, 0) is 23.6 Å². The monoisotopic (exact) mass is 362 g/mol. The molecule has 2 amide bonds.